The summed E-state index contributed by atoms with van der Waals surface area (Å²) in [4.78, 5) is 12.1. The standard InChI is InChI=1S/C17H16ClN3O3/c1-3-23-17(22)12-9-21-16(10(12)2)15(6-7-20-21)24-11-4-5-14(19)13(18)8-11/h4-9H,3,19H2,1-2H3. The molecule has 0 amide bonds. The number of rotatable bonds is 4. The molecular weight excluding hydrogens is 330 g/mol. The quantitative estimate of drug-likeness (QED) is 0.574. The third-order valence-electron chi connectivity index (χ3n) is 3.59. The monoisotopic (exact) mass is 345 g/mol. The molecule has 1 aromatic carbocycles. The van der Waals surface area contributed by atoms with E-state index < -0.39 is 0 Å². The van der Waals surface area contributed by atoms with Crippen LogP contribution in [-0.2, 0) is 4.74 Å². The van der Waals surface area contributed by atoms with Crippen molar-refractivity contribution in [2.24, 2.45) is 0 Å². The highest BCUT2D eigenvalue weighted by Crippen LogP contribution is 2.32. The molecular formula is C17H16ClN3O3. The molecule has 124 valence electrons. The fourth-order valence-electron chi connectivity index (χ4n) is 2.42. The number of nitrogens with two attached hydrogens (primary N) is 1. The van der Waals surface area contributed by atoms with Gasteiger partial charge in [-0.25, -0.2) is 9.31 Å². The number of benzene rings is 1. The number of halogens is 1. The predicted octanol–water partition coefficient (Wildman–Crippen LogP) is 3.85. The number of esters is 1. The number of anilines is 1. The maximum atomic E-state index is 12.1. The van der Waals surface area contributed by atoms with Crippen molar-refractivity contribution < 1.29 is 14.3 Å². The van der Waals surface area contributed by atoms with Crippen molar-refractivity contribution in [3.8, 4) is 11.5 Å². The van der Waals surface area contributed by atoms with Gasteiger partial charge in [0.1, 0.15) is 11.3 Å². The van der Waals surface area contributed by atoms with Crippen molar-refractivity contribution in [3.05, 3.63) is 52.8 Å². The number of hydrogen-bond donors (Lipinski definition) is 1. The van der Waals surface area contributed by atoms with Crippen LogP contribution in [0.15, 0.2) is 36.7 Å². The van der Waals surface area contributed by atoms with Crippen molar-refractivity contribution in [2.45, 2.75) is 13.8 Å². The van der Waals surface area contributed by atoms with Crippen molar-refractivity contribution in [3.63, 3.8) is 0 Å². The molecule has 7 heteroatoms. The number of aryl methyl sites for hydroxylation is 1. The molecule has 0 aliphatic carbocycles. The third kappa shape index (κ3) is 2.88. The summed E-state index contributed by atoms with van der Waals surface area (Å²) in [7, 11) is 0. The Hall–Kier alpha value is -2.73. The molecule has 0 atom stereocenters. The van der Waals surface area contributed by atoms with Crippen LogP contribution in [0.2, 0.25) is 5.02 Å². The van der Waals surface area contributed by atoms with E-state index in [4.69, 9.17) is 26.8 Å². The molecule has 3 aromatic rings. The maximum absolute atomic E-state index is 12.1. The Morgan fingerprint density at radius 2 is 2.17 bits per heavy atom. The van der Waals surface area contributed by atoms with Gasteiger partial charge in [-0.15, -0.1) is 0 Å². The molecule has 2 heterocycles. The highest BCUT2D eigenvalue weighted by atomic mass is 35.5. The molecule has 24 heavy (non-hydrogen) atoms. The fourth-order valence-corrected chi connectivity index (χ4v) is 2.59. The molecule has 2 aromatic heterocycles. The molecule has 0 spiro atoms. The van der Waals surface area contributed by atoms with Crippen molar-refractivity contribution in [2.75, 3.05) is 12.3 Å². The van der Waals surface area contributed by atoms with Gasteiger partial charge in [-0.3, -0.25) is 0 Å². The summed E-state index contributed by atoms with van der Waals surface area (Å²) in [6, 6.07) is 6.76. The van der Waals surface area contributed by atoms with Crippen molar-refractivity contribution in [1.82, 2.24) is 9.61 Å². The maximum Gasteiger partial charge on any atom is 0.340 e. The number of nitrogen functional groups attached to an aromatic ring is 1. The Morgan fingerprint density at radius 1 is 1.38 bits per heavy atom. The largest absolute Gasteiger partial charge is 0.462 e. The number of nitrogens with zero attached hydrogens (tertiary/aromatic N) is 2. The fraction of sp³-hybridized carbons (Fsp3) is 0.176. The smallest absolute Gasteiger partial charge is 0.340 e. The van der Waals surface area contributed by atoms with Crippen LogP contribution in [-0.4, -0.2) is 22.2 Å². The van der Waals surface area contributed by atoms with E-state index >= 15 is 0 Å². The summed E-state index contributed by atoms with van der Waals surface area (Å²) in [5.74, 6) is 0.710. The third-order valence-corrected chi connectivity index (χ3v) is 3.91. The first kappa shape index (κ1) is 16.1. The van der Waals surface area contributed by atoms with Gasteiger partial charge in [0.05, 0.1) is 29.1 Å². The average Bonchev–Trinajstić information content (AvgIpc) is 2.89. The lowest BCUT2D eigenvalue weighted by Crippen LogP contribution is -2.04. The Morgan fingerprint density at radius 3 is 2.88 bits per heavy atom. The van der Waals surface area contributed by atoms with E-state index in [9.17, 15) is 4.79 Å². The zero-order valence-corrected chi connectivity index (χ0v) is 14.0. The van der Waals surface area contributed by atoms with Crippen LogP contribution in [0.3, 0.4) is 0 Å². The molecule has 2 N–H and O–H groups in total. The molecule has 0 aliphatic rings. The molecule has 6 nitrogen and oxygen atoms in total. The Kier molecular flexibility index (Phi) is 4.31. The van der Waals surface area contributed by atoms with Crippen LogP contribution in [0.1, 0.15) is 22.8 Å². The van der Waals surface area contributed by atoms with E-state index in [0.717, 1.165) is 5.56 Å². The topological polar surface area (TPSA) is 78.8 Å². The lowest BCUT2D eigenvalue weighted by atomic mass is 10.2. The summed E-state index contributed by atoms with van der Waals surface area (Å²) in [5.41, 5.74) is 8.07. The summed E-state index contributed by atoms with van der Waals surface area (Å²) >= 11 is 6.03. The van der Waals surface area contributed by atoms with Gasteiger partial charge < -0.3 is 15.2 Å². The minimum Gasteiger partial charge on any atom is -0.462 e. The molecule has 0 radical (unpaired) electrons. The lowest BCUT2D eigenvalue weighted by molar-refractivity contribution is 0.0525. The first-order chi connectivity index (χ1) is 11.5. The molecule has 0 saturated carbocycles. The van der Waals surface area contributed by atoms with Gasteiger partial charge in [-0.2, -0.15) is 5.10 Å². The van der Waals surface area contributed by atoms with Crippen molar-refractivity contribution >= 4 is 28.8 Å². The second-order valence-electron chi connectivity index (χ2n) is 5.16. The lowest BCUT2D eigenvalue weighted by Gasteiger charge is -2.09. The van der Waals surface area contributed by atoms with Crippen LogP contribution in [0.5, 0.6) is 11.5 Å². The first-order valence-electron chi connectivity index (χ1n) is 7.38. The normalized spacial score (nSPS) is 10.8. The van der Waals surface area contributed by atoms with Gasteiger partial charge in [0.2, 0.25) is 0 Å². The van der Waals surface area contributed by atoms with Crippen LogP contribution in [0, 0.1) is 6.92 Å². The second kappa shape index (κ2) is 6.41. The Balaban J connectivity index is 2.05. The summed E-state index contributed by atoms with van der Waals surface area (Å²) in [6.07, 6.45) is 3.22. The molecule has 0 saturated heterocycles. The summed E-state index contributed by atoms with van der Waals surface area (Å²) < 4.78 is 12.6. The zero-order valence-electron chi connectivity index (χ0n) is 13.2. The Labute approximate surface area is 143 Å². The van der Waals surface area contributed by atoms with E-state index in [1.165, 1.54) is 0 Å². The number of carbonyl (C=O) groups excluding carboxylic acids is 1. The van der Waals surface area contributed by atoms with Gasteiger partial charge in [0.15, 0.2) is 5.75 Å². The molecule has 3 rings (SSSR count). The van der Waals surface area contributed by atoms with Gasteiger partial charge in [0.25, 0.3) is 0 Å². The van der Waals surface area contributed by atoms with E-state index in [2.05, 4.69) is 5.10 Å². The molecule has 0 aliphatic heterocycles. The highest BCUT2D eigenvalue weighted by molar-refractivity contribution is 6.33. The molecule has 0 unspecified atom stereocenters. The summed E-state index contributed by atoms with van der Waals surface area (Å²) in [6.45, 7) is 3.90. The van der Waals surface area contributed by atoms with E-state index in [-0.39, 0.29) is 5.97 Å². The minimum absolute atomic E-state index is 0.311. The first-order valence-corrected chi connectivity index (χ1v) is 7.76. The van der Waals surface area contributed by atoms with Gasteiger partial charge in [-0.05, 0) is 31.5 Å². The average molecular weight is 346 g/mol. The zero-order chi connectivity index (χ0) is 17.3. The molecule has 0 bridgehead atoms. The molecule has 0 fully saturated rings. The van der Waals surface area contributed by atoms with Crippen LogP contribution in [0.4, 0.5) is 5.69 Å². The Bertz CT molecular complexity index is 921. The number of fused-ring (bicyclic) bond motifs is 1. The van der Waals surface area contributed by atoms with Crippen LogP contribution < -0.4 is 10.5 Å². The summed E-state index contributed by atoms with van der Waals surface area (Å²) in [5, 5.41) is 4.64. The number of ether oxygens (including phenoxy) is 2. The number of carbonyl (C=O) groups is 1. The van der Waals surface area contributed by atoms with E-state index in [1.54, 1.807) is 48.1 Å². The highest BCUT2D eigenvalue weighted by Gasteiger charge is 2.19. The van der Waals surface area contributed by atoms with Crippen LogP contribution in [0.25, 0.3) is 5.52 Å². The van der Waals surface area contributed by atoms with E-state index in [0.29, 0.717) is 39.9 Å². The predicted molar refractivity (Wildman–Crippen MR) is 91.8 cm³/mol. The van der Waals surface area contributed by atoms with Gasteiger partial charge in [-0.1, -0.05) is 11.6 Å². The van der Waals surface area contributed by atoms with Gasteiger partial charge in [0, 0.05) is 18.3 Å². The van der Waals surface area contributed by atoms with Gasteiger partial charge >= 0.3 is 5.97 Å². The van der Waals surface area contributed by atoms with E-state index in [1.807, 2.05) is 6.92 Å². The second-order valence-corrected chi connectivity index (χ2v) is 5.57. The van der Waals surface area contributed by atoms with Crippen molar-refractivity contribution in [1.29, 1.82) is 0 Å². The van der Waals surface area contributed by atoms with Crippen LogP contribution >= 0.6 is 11.6 Å². The SMILES string of the molecule is CCOC(=O)c1cn2nccc(Oc3ccc(N)c(Cl)c3)c2c1C. The number of hydrogen-bond acceptors (Lipinski definition) is 5. The minimum atomic E-state index is -0.387. The number of aromatic nitrogens is 2.